The summed E-state index contributed by atoms with van der Waals surface area (Å²) in [7, 11) is -0.135. The molecule has 1 saturated heterocycles. The summed E-state index contributed by atoms with van der Waals surface area (Å²) >= 11 is 0. The number of carbonyl (C=O) groups excluding carboxylic acids is 1. The first kappa shape index (κ1) is 18.6. The smallest absolute Gasteiger partial charge is 0.248 e. The van der Waals surface area contributed by atoms with Crippen molar-refractivity contribution in [2.45, 2.75) is 30.2 Å². The number of likely N-dealkylation sites (N-methyl/N-ethyl adjacent to an activating group) is 1. The summed E-state index contributed by atoms with van der Waals surface area (Å²) < 4.78 is 29.3. The van der Waals surface area contributed by atoms with Crippen LogP contribution in [0.1, 0.15) is 18.4 Å². The number of rotatable bonds is 4. The lowest BCUT2D eigenvalue weighted by molar-refractivity contribution is -0.140. The van der Waals surface area contributed by atoms with E-state index in [4.69, 9.17) is 0 Å². The van der Waals surface area contributed by atoms with Crippen LogP contribution in [0, 0.1) is 6.92 Å². The molecule has 0 N–H and O–H groups in total. The number of sulfonamides is 1. The molecule has 1 amide bonds. The fraction of sp³-hybridized carbons (Fsp3) is 0.444. The van der Waals surface area contributed by atoms with Crippen molar-refractivity contribution in [3.8, 4) is 0 Å². The summed E-state index contributed by atoms with van der Waals surface area (Å²) in [6, 6.07) is 6.98. The molecule has 8 heteroatoms. The van der Waals surface area contributed by atoms with Crippen LogP contribution < -0.4 is 0 Å². The van der Waals surface area contributed by atoms with Gasteiger partial charge >= 0.3 is 0 Å². The Hall–Kier alpha value is -2.19. The number of carbonyl (C=O) groups is 1. The molecule has 0 spiro atoms. The number of benzene rings is 1. The Bertz CT molecular complexity index is 883. The van der Waals surface area contributed by atoms with Crippen LogP contribution in [0.2, 0.25) is 0 Å². The molecule has 0 aliphatic carbocycles. The van der Waals surface area contributed by atoms with Gasteiger partial charge in [0.05, 0.1) is 11.2 Å². The first-order valence-corrected chi connectivity index (χ1v) is 9.99. The molecule has 2 aromatic rings. The normalized spacial score (nSPS) is 17.8. The van der Waals surface area contributed by atoms with Crippen molar-refractivity contribution < 1.29 is 13.2 Å². The van der Waals surface area contributed by atoms with Crippen molar-refractivity contribution in [1.29, 1.82) is 0 Å². The van der Waals surface area contributed by atoms with E-state index in [-0.39, 0.29) is 19.0 Å². The third-order valence-electron chi connectivity index (χ3n) is 5.06. The molecular formula is C18H24N4O3S. The van der Waals surface area contributed by atoms with E-state index in [9.17, 15) is 13.2 Å². The van der Waals surface area contributed by atoms with Crippen LogP contribution in [0.25, 0.3) is 0 Å². The van der Waals surface area contributed by atoms with Crippen molar-refractivity contribution in [2.75, 3.05) is 27.2 Å². The predicted molar refractivity (Wildman–Crippen MR) is 98.1 cm³/mol. The van der Waals surface area contributed by atoms with Gasteiger partial charge in [-0.25, -0.2) is 13.4 Å². The fourth-order valence-electron chi connectivity index (χ4n) is 3.59. The summed E-state index contributed by atoms with van der Waals surface area (Å²) in [6.07, 6.45) is 5.86. The Kier molecular flexibility index (Phi) is 4.90. The minimum absolute atomic E-state index is 0.0385. The molecule has 0 saturated carbocycles. The molecule has 1 aromatic carbocycles. The van der Waals surface area contributed by atoms with Gasteiger partial charge in [0.25, 0.3) is 0 Å². The number of amides is 1. The second kappa shape index (κ2) is 6.85. The minimum atomic E-state index is -3.57. The van der Waals surface area contributed by atoms with Gasteiger partial charge in [0.15, 0.2) is 0 Å². The Morgan fingerprint density at radius 2 is 1.85 bits per heavy atom. The van der Waals surface area contributed by atoms with Gasteiger partial charge in [-0.15, -0.1) is 0 Å². The molecule has 26 heavy (non-hydrogen) atoms. The highest BCUT2D eigenvalue weighted by Crippen LogP contribution is 2.34. The highest BCUT2D eigenvalue weighted by Gasteiger charge is 2.46. The molecule has 0 bridgehead atoms. The first-order valence-electron chi connectivity index (χ1n) is 8.55. The highest BCUT2D eigenvalue weighted by atomic mass is 32.2. The zero-order valence-corrected chi connectivity index (χ0v) is 16.1. The standard InChI is InChI=1S/C18H24N4O3S/c1-15-6-4-5-7-16(15)26(24,25)22-11-8-18(9-12-22,17(23)20(2)3)21-13-10-19-14-21/h4-7,10,13-14H,8-9,11-12H2,1-3H3. The van der Waals surface area contributed by atoms with Crippen LogP contribution in [0.5, 0.6) is 0 Å². The van der Waals surface area contributed by atoms with E-state index < -0.39 is 15.6 Å². The number of aryl methyl sites for hydroxylation is 1. The topological polar surface area (TPSA) is 75.5 Å². The summed E-state index contributed by atoms with van der Waals surface area (Å²) in [5, 5.41) is 0. The maximum atomic E-state index is 13.0. The van der Waals surface area contributed by atoms with Crippen LogP contribution in [-0.4, -0.2) is 60.3 Å². The SMILES string of the molecule is Cc1ccccc1S(=O)(=O)N1CCC(C(=O)N(C)C)(n2ccnc2)CC1. The zero-order valence-electron chi connectivity index (χ0n) is 15.3. The maximum Gasteiger partial charge on any atom is 0.248 e. The molecular weight excluding hydrogens is 352 g/mol. The van der Waals surface area contributed by atoms with E-state index >= 15 is 0 Å². The first-order chi connectivity index (χ1) is 12.3. The van der Waals surface area contributed by atoms with Crippen LogP contribution >= 0.6 is 0 Å². The van der Waals surface area contributed by atoms with Gasteiger partial charge in [0.1, 0.15) is 5.54 Å². The Morgan fingerprint density at radius 3 is 2.38 bits per heavy atom. The molecule has 1 aliphatic rings. The lowest BCUT2D eigenvalue weighted by Crippen LogP contribution is -2.55. The number of piperidine rings is 1. The Balaban J connectivity index is 1.89. The third kappa shape index (κ3) is 3.03. The summed E-state index contributed by atoms with van der Waals surface area (Å²) in [6.45, 7) is 2.37. The molecule has 0 radical (unpaired) electrons. The van der Waals surface area contributed by atoms with E-state index in [1.807, 2.05) is 10.6 Å². The van der Waals surface area contributed by atoms with E-state index in [1.54, 1.807) is 62.8 Å². The van der Waals surface area contributed by atoms with E-state index in [2.05, 4.69) is 4.98 Å². The fourth-order valence-corrected chi connectivity index (χ4v) is 5.26. The van der Waals surface area contributed by atoms with E-state index in [0.717, 1.165) is 5.56 Å². The van der Waals surface area contributed by atoms with Crippen molar-refractivity contribution in [2.24, 2.45) is 0 Å². The van der Waals surface area contributed by atoms with Gasteiger partial charge in [0.2, 0.25) is 15.9 Å². The third-order valence-corrected chi connectivity index (χ3v) is 7.12. The molecule has 1 aromatic heterocycles. The number of aromatic nitrogens is 2. The minimum Gasteiger partial charge on any atom is -0.347 e. The molecule has 2 heterocycles. The molecule has 1 fully saturated rings. The highest BCUT2D eigenvalue weighted by molar-refractivity contribution is 7.89. The molecule has 7 nitrogen and oxygen atoms in total. The van der Waals surface area contributed by atoms with Crippen molar-refractivity contribution >= 4 is 15.9 Å². The number of hydrogen-bond acceptors (Lipinski definition) is 4. The van der Waals surface area contributed by atoms with Gasteiger partial charge in [0, 0.05) is 39.6 Å². The van der Waals surface area contributed by atoms with Crippen molar-refractivity contribution in [1.82, 2.24) is 18.8 Å². The van der Waals surface area contributed by atoms with Crippen LogP contribution in [0.15, 0.2) is 47.9 Å². The quantitative estimate of drug-likeness (QED) is 0.810. The average Bonchev–Trinajstić information content (AvgIpc) is 3.16. The zero-order chi connectivity index (χ0) is 18.9. The van der Waals surface area contributed by atoms with Gasteiger partial charge in [-0.2, -0.15) is 4.31 Å². The molecule has 140 valence electrons. The van der Waals surface area contributed by atoms with Crippen LogP contribution in [0.4, 0.5) is 0 Å². The van der Waals surface area contributed by atoms with Gasteiger partial charge in [-0.3, -0.25) is 4.79 Å². The molecule has 3 rings (SSSR count). The van der Waals surface area contributed by atoms with Gasteiger partial charge < -0.3 is 9.47 Å². The summed E-state index contributed by atoms with van der Waals surface area (Å²) in [4.78, 5) is 18.9. The number of nitrogens with zero attached hydrogens (tertiary/aromatic N) is 4. The maximum absolute atomic E-state index is 13.0. The van der Waals surface area contributed by atoms with Crippen LogP contribution in [0.3, 0.4) is 0 Å². The van der Waals surface area contributed by atoms with Crippen LogP contribution in [-0.2, 0) is 20.4 Å². The number of imidazole rings is 1. The lowest BCUT2D eigenvalue weighted by Gasteiger charge is -2.42. The van der Waals surface area contributed by atoms with Crippen molar-refractivity contribution in [3.05, 3.63) is 48.5 Å². The Morgan fingerprint density at radius 1 is 1.19 bits per heavy atom. The second-order valence-electron chi connectivity index (χ2n) is 6.87. The van der Waals surface area contributed by atoms with Crippen molar-refractivity contribution in [3.63, 3.8) is 0 Å². The summed E-state index contributed by atoms with van der Waals surface area (Å²) in [5.41, 5.74) is -0.0686. The summed E-state index contributed by atoms with van der Waals surface area (Å²) in [5.74, 6) is -0.0385. The second-order valence-corrected chi connectivity index (χ2v) is 8.78. The molecule has 1 aliphatic heterocycles. The van der Waals surface area contributed by atoms with Gasteiger partial charge in [-0.05, 0) is 31.4 Å². The molecule has 0 unspecified atom stereocenters. The van der Waals surface area contributed by atoms with Gasteiger partial charge in [-0.1, -0.05) is 18.2 Å². The lowest BCUT2D eigenvalue weighted by atomic mass is 9.86. The monoisotopic (exact) mass is 376 g/mol. The van der Waals surface area contributed by atoms with E-state index in [0.29, 0.717) is 17.7 Å². The Labute approximate surface area is 154 Å². The largest absolute Gasteiger partial charge is 0.347 e. The number of hydrogen-bond donors (Lipinski definition) is 0. The predicted octanol–water partition coefficient (Wildman–Crippen LogP) is 1.46. The van der Waals surface area contributed by atoms with E-state index in [1.165, 1.54) is 4.31 Å². The molecule has 0 atom stereocenters. The average molecular weight is 376 g/mol.